The first-order valence-corrected chi connectivity index (χ1v) is 11.3. The topological polar surface area (TPSA) is 116 Å². The molecule has 1 N–H and O–H groups in total. The minimum Gasteiger partial charge on any atom is -0.381 e. The third kappa shape index (κ3) is 4.02. The predicted molar refractivity (Wildman–Crippen MR) is 111 cm³/mol. The van der Waals surface area contributed by atoms with E-state index < -0.39 is 5.60 Å². The molecule has 11 nitrogen and oxygen atoms in total. The summed E-state index contributed by atoms with van der Waals surface area (Å²) in [7, 11) is 0. The highest BCUT2D eigenvalue weighted by Gasteiger charge is 2.45. The second-order valence-electron chi connectivity index (χ2n) is 8.75. The summed E-state index contributed by atoms with van der Waals surface area (Å²) in [4.78, 5) is 27.1. The summed E-state index contributed by atoms with van der Waals surface area (Å²) in [6.07, 6.45) is 4.07. The van der Waals surface area contributed by atoms with E-state index in [-0.39, 0.29) is 17.7 Å². The van der Waals surface area contributed by atoms with Crippen LogP contribution in [0.5, 0.6) is 0 Å². The summed E-state index contributed by atoms with van der Waals surface area (Å²) in [5.74, 6) is -0.0299. The monoisotopic (exact) mass is 443 g/mol. The molecule has 0 aliphatic carbocycles. The number of nitrogens with zero attached hydrogens (tertiary/aromatic N) is 6. The molecule has 11 heteroatoms. The van der Waals surface area contributed by atoms with Crippen molar-refractivity contribution < 1.29 is 19.1 Å². The molecule has 172 valence electrons. The van der Waals surface area contributed by atoms with E-state index in [1.165, 1.54) is 0 Å². The lowest BCUT2D eigenvalue weighted by molar-refractivity contribution is -0.128. The minimum atomic E-state index is -0.466. The van der Waals surface area contributed by atoms with Gasteiger partial charge in [-0.1, -0.05) is 5.21 Å². The SMILES string of the molecule is CCn1ccc(C(=O)N2CCC3(C2)Cn2nnc(CNC(=O)C4CCOCC4)c2CO3)n1. The summed E-state index contributed by atoms with van der Waals surface area (Å²) in [6.45, 7) is 6.35. The van der Waals surface area contributed by atoms with Gasteiger partial charge in [-0.2, -0.15) is 5.10 Å². The molecule has 32 heavy (non-hydrogen) atoms. The van der Waals surface area contributed by atoms with Crippen molar-refractivity contribution >= 4 is 11.8 Å². The second kappa shape index (κ2) is 8.62. The molecule has 3 aliphatic heterocycles. The summed E-state index contributed by atoms with van der Waals surface area (Å²) < 4.78 is 15.2. The minimum absolute atomic E-state index is 0.000372. The van der Waals surface area contributed by atoms with Gasteiger partial charge in [0.05, 0.1) is 31.9 Å². The van der Waals surface area contributed by atoms with Crippen LogP contribution in [-0.4, -0.2) is 73.4 Å². The van der Waals surface area contributed by atoms with E-state index in [4.69, 9.17) is 9.47 Å². The number of aromatic nitrogens is 5. The van der Waals surface area contributed by atoms with Crippen molar-refractivity contribution in [3.8, 4) is 0 Å². The van der Waals surface area contributed by atoms with Crippen LogP contribution in [0.2, 0.25) is 0 Å². The highest BCUT2D eigenvalue weighted by atomic mass is 16.5. The summed E-state index contributed by atoms with van der Waals surface area (Å²) >= 11 is 0. The van der Waals surface area contributed by atoms with Gasteiger partial charge in [0.1, 0.15) is 17.0 Å². The molecule has 5 heterocycles. The molecule has 2 amide bonds. The molecule has 1 spiro atoms. The fraction of sp³-hybridized carbons (Fsp3) is 0.667. The van der Waals surface area contributed by atoms with Crippen molar-refractivity contribution in [2.75, 3.05) is 26.3 Å². The molecule has 0 saturated carbocycles. The lowest BCUT2D eigenvalue weighted by Gasteiger charge is -2.33. The Bertz CT molecular complexity index is 996. The van der Waals surface area contributed by atoms with Crippen molar-refractivity contribution in [2.24, 2.45) is 5.92 Å². The highest BCUT2D eigenvalue weighted by molar-refractivity contribution is 5.92. The third-order valence-corrected chi connectivity index (χ3v) is 6.68. The van der Waals surface area contributed by atoms with Crippen LogP contribution >= 0.6 is 0 Å². The van der Waals surface area contributed by atoms with Crippen molar-refractivity contribution in [1.29, 1.82) is 0 Å². The summed E-state index contributed by atoms with van der Waals surface area (Å²) in [6, 6.07) is 1.76. The molecule has 1 unspecified atom stereocenters. The molecule has 2 fully saturated rings. The zero-order valence-electron chi connectivity index (χ0n) is 18.3. The van der Waals surface area contributed by atoms with E-state index >= 15 is 0 Å². The Labute approximate surface area is 186 Å². The first-order chi connectivity index (χ1) is 15.6. The number of nitrogens with one attached hydrogen (secondary N) is 1. The molecule has 5 rings (SSSR count). The van der Waals surface area contributed by atoms with Gasteiger partial charge in [-0.05, 0) is 32.3 Å². The van der Waals surface area contributed by atoms with Crippen LogP contribution in [0.1, 0.15) is 48.1 Å². The van der Waals surface area contributed by atoms with Crippen molar-refractivity contribution in [1.82, 2.24) is 35.0 Å². The molecule has 0 aromatic carbocycles. The summed E-state index contributed by atoms with van der Waals surface area (Å²) in [5, 5.41) is 15.9. The fourth-order valence-corrected chi connectivity index (χ4v) is 4.68. The van der Waals surface area contributed by atoms with Gasteiger partial charge >= 0.3 is 0 Å². The Hall–Kier alpha value is -2.79. The zero-order chi connectivity index (χ0) is 22.1. The Morgan fingerprint density at radius 3 is 2.91 bits per heavy atom. The van der Waals surface area contributed by atoms with E-state index in [0.717, 1.165) is 37.2 Å². The van der Waals surface area contributed by atoms with Crippen LogP contribution in [-0.2, 0) is 40.5 Å². The van der Waals surface area contributed by atoms with Crippen LogP contribution < -0.4 is 5.32 Å². The van der Waals surface area contributed by atoms with Crippen LogP contribution in [0.3, 0.4) is 0 Å². The number of fused-ring (bicyclic) bond motifs is 1. The van der Waals surface area contributed by atoms with Crippen LogP contribution in [0.25, 0.3) is 0 Å². The molecular weight excluding hydrogens is 414 g/mol. The molecule has 0 radical (unpaired) electrons. The van der Waals surface area contributed by atoms with E-state index in [9.17, 15) is 9.59 Å². The molecule has 0 bridgehead atoms. The first-order valence-electron chi connectivity index (χ1n) is 11.3. The van der Waals surface area contributed by atoms with Gasteiger partial charge in [-0.3, -0.25) is 14.3 Å². The van der Waals surface area contributed by atoms with Crippen LogP contribution in [0.4, 0.5) is 0 Å². The van der Waals surface area contributed by atoms with Gasteiger partial charge in [0.25, 0.3) is 5.91 Å². The number of hydrogen-bond acceptors (Lipinski definition) is 7. The normalized spacial score (nSPS) is 23.5. The molecule has 1 atom stereocenters. The Morgan fingerprint density at radius 1 is 1.28 bits per heavy atom. The van der Waals surface area contributed by atoms with Gasteiger partial charge < -0.3 is 19.7 Å². The van der Waals surface area contributed by atoms with Crippen molar-refractivity contribution in [3.63, 3.8) is 0 Å². The number of carbonyl (C=O) groups is 2. The number of amides is 2. The Morgan fingerprint density at radius 2 is 2.12 bits per heavy atom. The van der Waals surface area contributed by atoms with E-state index in [1.807, 2.05) is 17.8 Å². The van der Waals surface area contributed by atoms with Gasteiger partial charge in [-0.25, -0.2) is 4.68 Å². The predicted octanol–water partition coefficient (Wildman–Crippen LogP) is 0.352. The van der Waals surface area contributed by atoms with Crippen molar-refractivity contribution in [3.05, 3.63) is 29.3 Å². The van der Waals surface area contributed by atoms with Gasteiger partial charge in [0.2, 0.25) is 5.91 Å². The maximum atomic E-state index is 12.8. The number of aryl methyl sites for hydroxylation is 1. The van der Waals surface area contributed by atoms with E-state index in [0.29, 0.717) is 51.7 Å². The zero-order valence-corrected chi connectivity index (χ0v) is 18.3. The lowest BCUT2D eigenvalue weighted by atomic mass is 9.99. The van der Waals surface area contributed by atoms with Crippen LogP contribution in [0.15, 0.2) is 12.3 Å². The fourth-order valence-electron chi connectivity index (χ4n) is 4.68. The van der Waals surface area contributed by atoms with E-state index in [1.54, 1.807) is 15.6 Å². The van der Waals surface area contributed by atoms with E-state index in [2.05, 4.69) is 20.7 Å². The number of likely N-dealkylation sites (tertiary alicyclic amines) is 1. The largest absolute Gasteiger partial charge is 0.381 e. The van der Waals surface area contributed by atoms with Crippen LogP contribution in [0, 0.1) is 5.92 Å². The molecule has 2 aromatic rings. The van der Waals surface area contributed by atoms with Gasteiger partial charge in [0, 0.05) is 38.4 Å². The number of ether oxygens (including phenoxy) is 2. The molecular formula is C21H29N7O4. The average molecular weight is 444 g/mol. The number of carbonyl (C=O) groups excluding carboxylic acids is 2. The van der Waals surface area contributed by atoms with Crippen molar-refractivity contribution in [2.45, 2.75) is 58.0 Å². The maximum absolute atomic E-state index is 12.8. The average Bonchev–Trinajstić information content (AvgIpc) is 3.56. The lowest BCUT2D eigenvalue weighted by Crippen LogP contribution is -2.45. The Kier molecular flexibility index (Phi) is 5.68. The first kappa shape index (κ1) is 21.1. The molecule has 2 saturated heterocycles. The molecule has 2 aromatic heterocycles. The third-order valence-electron chi connectivity index (χ3n) is 6.68. The van der Waals surface area contributed by atoms with Gasteiger partial charge in [0.15, 0.2) is 0 Å². The maximum Gasteiger partial charge on any atom is 0.274 e. The second-order valence-corrected chi connectivity index (χ2v) is 8.75. The smallest absolute Gasteiger partial charge is 0.274 e. The highest BCUT2D eigenvalue weighted by Crippen LogP contribution is 2.33. The standard InChI is InChI=1S/C21H29N7O4/c1-2-27-7-3-16(24-27)20(30)26-8-6-21(13-26)14-28-18(12-32-21)17(23-25-28)11-22-19(29)15-4-9-31-10-5-15/h3,7,15H,2,4-6,8-14H2,1H3,(H,22,29). The number of hydrogen-bond donors (Lipinski definition) is 1. The van der Waals surface area contributed by atoms with Gasteiger partial charge in [-0.15, -0.1) is 5.10 Å². The summed E-state index contributed by atoms with van der Waals surface area (Å²) in [5.41, 5.74) is 1.61. The number of rotatable bonds is 5. The molecule has 3 aliphatic rings. The quantitative estimate of drug-likeness (QED) is 0.709. The Balaban J connectivity index is 1.20.